The van der Waals surface area contributed by atoms with E-state index in [0.29, 0.717) is 5.88 Å². The SMILES string of the molecule is Cc1nc(-c2nc(CCl)cs2)cs1. The monoisotopic (exact) mass is 230 g/mol. The molecule has 0 N–H and O–H groups in total. The number of halogens is 1. The van der Waals surface area contributed by atoms with Gasteiger partial charge in [0, 0.05) is 10.8 Å². The highest BCUT2D eigenvalue weighted by Crippen LogP contribution is 2.25. The molecule has 2 nitrogen and oxygen atoms in total. The summed E-state index contributed by atoms with van der Waals surface area (Å²) in [7, 11) is 0. The first-order valence-electron chi connectivity index (χ1n) is 3.72. The molecule has 0 saturated carbocycles. The fourth-order valence-corrected chi connectivity index (χ4v) is 2.63. The molecule has 0 atom stereocenters. The van der Waals surface area contributed by atoms with Crippen LogP contribution in [0.2, 0.25) is 0 Å². The lowest BCUT2D eigenvalue weighted by Crippen LogP contribution is -1.79. The van der Waals surface area contributed by atoms with Crippen molar-refractivity contribution in [1.29, 1.82) is 0 Å². The van der Waals surface area contributed by atoms with Crippen molar-refractivity contribution in [3.63, 3.8) is 0 Å². The summed E-state index contributed by atoms with van der Waals surface area (Å²) < 4.78 is 0. The molecule has 0 amide bonds. The molecule has 2 heterocycles. The van der Waals surface area contributed by atoms with Gasteiger partial charge in [-0.1, -0.05) is 0 Å². The Hall–Kier alpha value is -0.450. The van der Waals surface area contributed by atoms with E-state index in [4.69, 9.17) is 11.6 Å². The van der Waals surface area contributed by atoms with Crippen molar-refractivity contribution in [2.75, 3.05) is 0 Å². The first kappa shape index (κ1) is 9.12. The lowest BCUT2D eigenvalue weighted by atomic mass is 10.5. The van der Waals surface area contributed by atoms with Crippen LogP contribution in [0.5, 0.6) is 0 Å². The Morgan fingerprint density at radius 3 is 2.69 bits per heavy atom. The van der Waals surface area contributed by atoms with Gasteiger partial charge in [-0.25, -0.2) is 9.97 Å². The molecule has 0 unspecified atom stereocenters. The summed E-state index contributed by atoms with van der Waals surface area (Å²) in [4.78, 5) is 8.69. The second-order valence-electron chi connectivity index (χ2n) is 2.53. The van der Waals surface area contributed by atoms with Crippen molar-refractivity contribution in [3.05, 3.63) is 21.5 Å². The number of hydrogen-bond acceptors (Lipinski definition) is 4. The molecule has 0 aromatic carbocycles. The molecule has 13 heavy (non-hydrogen) atoms. The molecule has 5 heteroatoms. The zero-order valence-electron chi connectivity index (χ0n) is 6.95. The minimum atomic E-state index is 0.472. The Morgan fingerprint density at radius 2 is 2.15 bits per heavy atom. The van der Waals surface area contributed by atoms with Gasteiger partial charge in [0.2, 0.25) is 0 Å². The zero-order chi connectivity index (χ0) is 9.26. The van der Waals surface area contributed by atoms with E-state index >= 15 is 0 Å². The fraction of sp³-hybridized carbons (Fsp3) is 0.250. The van der Waals surface area contributed by atoms with E-state index in [1.54, 1.807) is 22.7 Å². The highest BCUT2D eigenvalue weighted by molar-refractivity contribution is 7.14. The van der Waals surface area contributed by atoms with Crippen LogP contribution in [0.1, 0.15) is 10.7 Å². The zero-order valence-corrected chi connectivity index (χ0v) is 9.34. The largest absolute Gasteiger partial charge is 0.239 e. The van der Waals surface area contributed by atoms with Crippen molar-refractivity contribution < 1.29 is 0 Å². The van der Waals surface area contributed by atoms with E-state index < -0.39 is 0 Å². The van der Waals surface area contributed by atoms with Gasteiger partial charge < -0.3 is 0 Å². The number of aromatic nitrogens is 2. The molecule has 2 rings (SSSR count). The van der Waals surface area contributed by atoms with Gasteiger partial charge in [0.1, 0.15) is 10.7 Å². The minimum Gasteiger partial charge on any atom is -0.239 e. The Kier molecular flexibility index (Phi) is 2.62. The van der Waals surface area contributed by atoms with Gasteiger partial charge in [-0.2, -0.15) is 0 Å². The van der Waals surface area contributed by atoms with E-state index in [0.717, 1.165) is 21.4 Å². The van der Waals surface area contributed by atoms with Gasteiger partial charge in [-0.15, -0.1) is 34.3 Å². The van der Waals surface area contributed by atoms with Crippen LogP contribution in [0.15, 0.2) is 10.8 Å². The lowest BCUT2D eigenvalue weighted by molar-refractivity contribution is 1.21. The summed E-state index contributed by atoms with van der Waals surface area (Å²) in [6, 6.07) is 0. The number of hydrogen-bond donors (Lipinski definition) is 0. The van der Waals surface area contributed by atoms with Crippen molar-refractivity contribution in [3.8, 4) is 10.7 Å². The number of thiazole rings is 2. The van der Waals surface area contributed by atoms with Crippen molar-refractivity contribution >= 4 is 34.3 Å². The fourth-order valence-electron chi connectivity index (χ4n) is 0.948. The maximum atomic E-state index is 5.66. The number of nitrogens with zero attached hydrogens (tertiary/aromatic N) is 2. The van der Waals surface area contributed by atoms with E-state index in [9.17, 15) is 0 Å². The molecule has 0 radical (unpaired) electrons. The molecule has 0 aliphatic rings. The van der Waals surface area contributed by atoms with Crippen LogP contribution in [-0.2, 0) is 5.88 Å². The summed E-state index contributed by atoms with van der Waals surface area (Å²) in [6.07, 6.45) is 0. The molecule has 0 saturated heterocycles. The Morgan fingerprint density at radius 1 is 1.31 bits per heavy atom. The first-order valence-corrected chi connectivity index (χ1v) is 6.02. The maximum Gasteiger partial charge on any atom is 0.143 e. The average molecular weight is 231 g/mol. The first-order chi connectivity index (χ1) is 6.29. The van der Waals surface area contributed by atoms with Crippen LogP contribution in [-0.4, -0.2) is 9.97 Å². The maximum absolute atomic E-state index is 5.66. The molecule has 0 fully saturated rings. The number of aryl methyl sites for hydroxylation is 1. The predicted octanol–water partition coefficient (Wildman–Crippen LogP) is 3.31. The normalized spacial score (nSPS) is 10.6. The second-order valence-corrected chi connectivity index (χ2v) is 4.72. The molecule has 0 spiro atoms. The van der Waals surface area contributed by atoms with Crippen LogP contribution in [0.3, 0.4) is 0 Å². The summed E-state index contributed by atoms with van der Waals surface area (Å²) in [5, 5.41) is 6.01. The van der Waals surface area contributed by atoms with Gasteiger partial charge in [0.25, 0.3) is 0 Å². The highest BCUT2D eigenvalue weighted by atomic mass is 35.5. The summed E-state index contributed by atoms with van der Waals surface area (Å²) in [5.74, 6) is 0.472. The third-order valence-electron chi connectivity index (χ3n) is 1.53. The number of rotatable bonds is 2. The van der Waals surface area contributed by atoms with Gasteiger partial charge >= 0.3 is 0 Å². The molecule has 2 aromatic rings. The molecular formula is C8H7ClN2S2. The van der Waals surface area contributed by atoms with Crippen LogP contribution in [0.25, 0.3) is 10.7 Å². The van der Waals surface area contributed by atoms with Crippen molar-refractivity contribution in [2.45, 2.75) is 12.8 Å². The van der Waals surface area contributed by atoms with E-state index in [2.05, 4.69) is 9.97 Å². The van der Waals surface area contributed by atoms with Crippen molar-refractivity contribution in [2.24, 2.45) is 0 Å². The van der Waals surface area contributed by atoms with Gasteiger partial charge in [-0.3, -0.25) is 0 Å². The summed E-state index contributed by atoms with van der Waals surface area (Å²) in [6.45, 7) is 1.99. The summed E-state index contributed by atoms with van der Waals surface area (Å²) >= 11 is 8.89. The lowest BCUT2D eigenvalue weighted by Gasteiger charge is -1.85. The molecule has 0 aliphatic heterocycles. The van der Waals surface area contributed by atoms with Gasteiger partial charge in [-0.05, 0) is 6.92 Å². The molecule has 68 valence electrons. The van der Waals surface area contributed by atoms with E-state index in [1.165, 1.54) is 0 Å². The Labute approximate surface area is 89.2 Å². The minimum absolute atomic E-state index is 0.472. The van der Waals surface area contributed by atoms with Crippen molar-refractivity contribution in [1.82, 2.24) is 9.97 Å². The standard InChI is InChI=1S/C8H7ClN2S2/c1-5-10-7(4-12-5)8-11-6(2-9)3-13-8/h3-4H,2H2,1H3. The summed E-state index contributed by atoms with van der Waals surface area (Å²) in [5.41, 5.74) is 1.89. The third-order valence-corrected chi connectivity index (χ3v) is 3.49. The molecular weight excluding hydrogens is 224 g/mol. The number of alkyl halides is 1. The molecule has 0 aliphatic carbocycles. The molecule has 0 bridgehead atoms. The van der Waals surface area contributed by atoms with Crippen LogP contribution in [0.4, 0.5) is 0 Å². The van der Waals surface area contributed by atoms with Gasteiger partial charge in [0.05, 0.1) is 16.6 Å². The highest BCUT2D eigenvalue weighted by Gasteiger charge is 2.06. The quantitative estimate of drug-likeness (QED) is 0.740. The van der Waals surface area contributed by atoms with Gasteiger partial charge in [0.15, 0.2) is 0 Å². The second kappa shape index (κ2) is 3.74. The Bertz CT molecular complexity index is 408. The molecule has 2 aromatic heterocycles. The van der Waals surface area contributed by atoms with Crippen LogP contribution in [0, 0.1) is 6.92 Å². The smallest absolute Gasteiger partial charge is 0.143 e. The third kappa shape index (κ3) is 1.90. The van der Waals surface area contributed by atoms with Crippen LogP contribution < -0.4 is 0 Å². The van der Waals surface area contributed by atoms with E-state index in [1.807, 2.05) is 17.7 Å². The van der Waals surface area contributed by atoms with E-state index in [-0.39, 0.29) is 0 Å². The topological polar surface area (TPSA) is 25.8 Å². The Balaban J connectivity index is 2.35. The predicted molar refractivity (Wildman–Crippen MR) is 57.5 cm³/mol. The van der Waals surface area contributed by atoms with Crippen LogP contribution >= 0.6 is 34.3 Å². The average Bonchev–Trinajstić information content (AvgIpc) is 2.71.